The Balaban J connectivity index is 1.12. The predicted octanol–water partition coefficient (Wildman–Crippen LogP) is 18.2. The minimum absolute atomic E-state index is 0.219. The van der Waals surface area contributed by atoms with E-state index in [0.717, 1.165) is 55.5 Å². The summed E-state index contributed by atoms with van der Waals surface area (Å²) in [6.07, 6.45) is 0. The summed E-state index contributed by atoms with van der Waals surface area (Å²) in [5.74, 6) is 0. The molecule has 0 unspecified atom stereocenters. The van der Waals surface area contributed by atoms with Gasteiger partial charge in [-0.3, -0.25) is 0 Å². The van der Waals surface area contributed by atoms with Crippen molar-refractivity contribution in [3.8, 4) is 44.5 Å². The number of hydrogen-bond acceptors (Lipinski definition) is 2. The molecule has 330 valence electrons. The molecule has 14 rings (SSSR count). The van der Waals surface area contributed by atoms with Crippen LogP contribution in [0.15, 0.2) is 253 Å². The average Bonchev–Trinajstić information content (AvgIpc) is 4.03. The van der Waals surface area contributed by atoms with Crippen LogP contribution in [0.3, 0.4) is 0 Å². The van der Waals surface area contributed by atoms with Gasteiger partial charge in [0.05, 0.1) is 11.1 Å². The molecule has 0 saturated heterocycles. The molecule has 2 aliphatic rings. The molecule has 0 bridgehead atoms. The fourth-order valence-electron chi connectivity index (χ4n) is 12.4. The van der Waals surface area contributed by atoms with E-state index in [9.17, 15) is 0 Å². The fourth-order valence-corrected chi connectivity index (χ4v) is 12.4. The van der Waals surface area contributed by atoms with Gasteiger partial charge in [-0.1, -0.05) is 226 Å². The van der Waals surface area contributed by atoms with E-state index >= 15 is 0 Å². The lowest BCUT2D eigenvalue weighted by atomic mass is 9.67. The first kappa shape index (κ1) is 40.4. The number of rotatable bonds is 7. The lowest BCUT2D eigenvalue weighted by molar-refractivity contribution is 0.660. The van der Waals surface area contributed by atoms with Crippen molar-refractivity contribution in [2.75, 3.05) is 4.90 Å². The van der Waals surface area contributed by atoms with E-state index in [0.29, 0.717) is 0 Å². The first-order valence-electron chi connectivity index (χ1n) is 24.4. The summed E-state index contributed by atoms with van der Waals surface area (Å²) in [6.45, 7) is 4.74. The highest BCUT2D eigenvalue weighted by Gasteiger charge is 2.46. The van der Waals surface area contributed by atoms with E-state index in [-0.39, 0.29) is 5.41 Å². The van der Waals surface area contributed by atoms with Gasteiger partial charge in [0, 0.05) is 38.5 Å². The van der Waals surface area contributed by atoms with Crippen LogP contribution in [0.5, 0.6) is 0 Å². The largest absolute Gasteiger partial charge is 0.453 e. The number of anilines is 3. The summed E-state index contributed by atoms with van der Waals surface area (Å²) in [6, 6.07) is 91.7. The second kappa shape index (κ2) is 15.4. The molecule has 1 heterocycles. The number of furan rings is 1. The second-order valence-corrected chi connectivity index (χ2v) is 19.5. The maximum atomic E-state index is 7.54. The van der Waals surface area contributed by atoms with Crippen molar-refractivity contribution in [1.29, 1.82) is 0 Å². The Morgan fingerprint density at radius 2 is 0.771 bits per heavy atom. The lowest BCUT2D eigenvalue weighted by Gasteiger charge is -2.35. The molecule has 1 aromatic heterocycles. The van der Waals surface area contributed by atoms with Crippen LogP contribution in [-0.4, -0.2) is 0 Å². The standard InChI is InChI=1S/C68H47NO/c1-67(2)60-33-19-17-30-52(60)54-37-35-48(41-62(54)67)69(49-36-38-55-53-31-18-20-34-61(53)68(63(55)42-49,46-25-11-5-12-26-46)47-27-13-6-14-28-47)64-50(44-21-7-3-8-22-44)39-40-57-59-43-58(45-23-9-4-10-24-45)51-29-15-16-32-56(51)65(59)70-66(57)64/h3-43H,1-2H3. The first-order valence-corrected chi connectivity index (χ1v) is 24.4. The van der Waals surface area contributed by atoms with Crippen LogP contribution in [0.2, 0.25) is 0 Å². The molecule has 11 aromatic carbocycles. The van der Waals surface area contributed by atoms with Gasteiger partial charge in [0.2, 0.25) is 0 Å². The van der Waals surface area contributed by atoms with Crippen LogP contribution in [0.25, 0.3) is 77.2 Å². The van der Waals surface area contributed by atoms with E-state index in [1.54, 1.807) is 0 Å². The normalized spacial score (nSPS) is 13.8. The molecule has 0 aliphatic heterocycles. The Bertz CT molecular complexity index is 3980. The maximum Gasteiger partial charge on any atom is 0.160 e. The van der Waals surface area contributed by atoms with Gasteiger partial charge in [-0.2, -0.15) is 0 Å². The average molecular weight is 894 g/mol. The Labute approximate surface area is 408 Å². The molecule has 2 heteroatoms. The minimum atomic E-state index is -0.585. The number of nitrogens with zero attached hydrogens (tertiary/aromatic N) is 1. The van der Waals surface area contributed by atoms with E-state index in [4.69, 9.17) is 4.42 Å². The van der Waals surface area contributed by atoms with Crippen molar-refractivity contribution >= 4 is 49.8 Å². The van der Waals surface area contributed by atoms with Gasteiger partial charge in [0.15, 0.2) is 5.58 Å². The van der Waals surface area contributed by atoms with Crippen molar-refractivity contribution in [1.82, 2.24) is 0 Å². The third kappa shape index (κ3) is 5.74. The zero-order chi connectivity index (χ0) is 46.6. The third-order valence-corrected chi connectivity index (χ3v) is 15.5. The van der Waals surface area contributed by atoms with Crippen molar-refractivity contribution in [2.45, 2.75) is 24.7 Å². The van der Waals surface area contributed by atoms with Crippen molar-refractivity contribution < 1.29 is 4.42 Å². The summed E-state index contributed by atoms with van der Waals surface area (Å²) in [7, 11) is 0. The Morgan fingerprint density at radius 3 is 1.41 bits per heavy atom. The van der Waals surface area contributed by atoms with Crippen LogP contribution in [0.4, 0.5) is 17.1 Å². The van der Waals surface area contributed by atoms with Crippen LogP contribution in [-0.2, 0) is 10.8 Å². The molecule has 0 atom stereocenters. The molecule has 0 amide bonds. The van der Waals surface area contributed by atoms with E-state index in [2.05, 4.69) is 267 Å². The van der Waals surface area contributed by atoms with Gasteiger partial charge in [0.25, 0.3) is 0 Å². The van der Waals surface area contributed by atoms with Crippen LogP contribution >= 0.6 is 0 Å². The summed E-state index contributed by atoms with van der Waals surface area (Å²) in [5.41, 5.74) is 21.4. The summed E-state index contributed by atoms with van der Waals surface area (Å²) >= 11 is 0. The zero-order valence-electron chi connectivity index (χ0n) is 39.0. The molecule has 0 spiro atoms. The van der Waals surface area contributed by atoms with E-state index < -0.39 is 5.41 Å². The molecule has 0 fully saturated rings. The van der Waals surface area contributed by atoms with Gasteiger partial charge in [-0.25, -0.2) is 0 Å². The number of fused-ring (bicyclic) bond motifs is 11. The van der Waals surface area contributed by atoms with Crippen molar-refractivity contribution in [3.05, 3.63) is 282 Å². The molecule has 0 saturated carbocycles. The van der Waals surface area contributed by atoms with Crippen LogP contribution in [0, 0.1) is 0 Å². The van der Waals surface area contributed by atoms with Gasteiger partial charge in [-0.15, -0.1) is 0 Å². The predicted molar refractivity (Wildman–Crippen MR) is 292 cm³/mol. The van der Waals surface area contributed by atoms with Crippen LogP contribution < -0.4 is 4.90 Å². The van der Waals surface area contributed by atoms with Gasteiger partial charge in [-0.05, 0) is 114 Å². The van der Waals surface area contributed by atoms with E-state index in [1.807, 2.05) is 0 Å². The highest BCUT2D eigenvalue weighted by molar-refractivity contribution is 6.22. The summed E-state index contributed by atoms with van der Waals surface area (Å²) in [5, 5.41) is 4.42. The molecule has 0 N–H and O–H groups in total. The second-order valence-electron chi connectivity index (χ2n) is 19.5. The van der Waals surface area contributed by atoms with Gasteiger partial charge in [0.1, 0.15) is 5.58 Å². The van der Waals surface area contributed by atoms with Gasteiger partial charge < -0.3 is 9.32 Å². The zero-order valence-corrected chi connectivity index (χ0v) is 39.0. The monoisotopic (exact) mass is 893 g/mol. The molecule has 12 aromatic rings. The molecule has 2 nitrogen and oxygen atoms in total. The van der Waals surface area contributed by atoms with E-state index in [1.165, 1.54) is 72.1 Å². The molecule has 0 radical (unpaired) electrons. The Kier molecular flexibility index (Phi) is 8.88. The highest BCUT2D eigenvalue weighted by Crippen LogP contribution is 2.59. The minimum Gasteiger partial charge on any atom is -0.453 e. The molecule has 70 heavy (non-hydrogen) atoms. The SMILES string of the molecule is CC1(C)c2ccccc2-c2ccc(N(c3ccc4c(c3)C(c3ccccc3)(c3ccccc3)c3ccccc3-4)c3c(-c4ccccc4)ccc4c3oc3c5ccccc5c(-c5ccccc5)cc43)cc21. The molecular weight excluding hydrogens is 847 g/mol. The quantitative estimate of drug-likeness (QED) is 0.158. The lowest BCUT2D eigenvalue weighted by Crippen LogP contribution is -2.28. The van der Waals surface area contributed by atoms with Crippen molar-refractivity contribution in [3.63, 3.8) is 0 Å². The smallest absolute Gasteiger partial charge is 0.160 e. The van der Waals surface area contributed by atoms with Gasteiger partial charge >= 0.3 is 0 Å². The third-order valence-electron chi connectivity index (χ3n) is 15.5. The molecular formula is C68H47NO. The van der Waals surface area contributed by atoms with Crippen LogP contribution in [0.1, 0.15) is 47.2 Å². The summed E-state index contributed by atoms with van der Waals surface area (Å²) < 4.78 is 7.54. The van der Waals surface area contributed by atoms with Crippen molar-refractivity contribution in [2.24, 2.45) is 0 Å². The first-order chi connectivity index (χ1) is 34.5. The maximum absolute atomic E-state index is 7.54. The Hall–Kier alpha value is -8.72. The topological polar surface area (TPSA) is 16.4 Å². The Morgan fingerprint density at radius 1 is 0.314 bits per heavy atom. The summed E-state index contributed by atoms with van der Waals surface area (Å²) in [4.78, 5) is 2.51. The molecule has 2 aliphatic carbocycles. The fraction of sp³-hybridized carbons (Fsp3) is 0.0588. The number of benzene rings is 11. The highest BCUT2D eigenvalue weighted by atomic mass is 16.3. The number of hydrogen-bond donors (Lipinski definition) is 0.